The molecule has 1 atom stereocenters. The highest BCUT2D eigenvalue weighted by Gasteiger charge is 2.23. The number of amides is 1. The summed E-state index contributed by atoms with van der Waals surface area (Å²) in [5.41, 5.74) is 4.39. The third kappa shape index (κ3) is 7.09. The molecule has 1 fully saturated rings. The van der Waals surface area contributed by atoms with Crippen LogP contribution in [0.3, 0.4) is 0 Å². The van der Waals surface area contributed by atoms with Gasteiger partial charge in [0.25, 0.3) is 0 Å². The summed E-state index contributed by atoms with van der Waals surface area (Å²) in [7, 11) is 3.15. The molecule has 1 heterocycles. The van der Waals surface area contributed by atoms with E-state index in [0.29, 0.717) is 23.8 Å². The Labute approximate surface area is 190 Å². The minimum Gasteiger partial charge on any atom is -0.493 e. The van der Waals surface area contributed by atoms with Crippen LogP contribution < -0.4 is 20.3 Å². The minimum absolute atomic E-state index is 0.271. The van der Waals surface area contributed by atoms with E-state index in [1.54, 1.807) is 32.4 Å². The molecule has 0 saturated carbocycles. The van der Waals surface area contributed by atoms with E-state index in [1.807, 2.05) is 12.1 Å². The number of piperidine rings is 1. The quantitative estimate of drug-likeness (QED) is 0.299. The van der Waals surface area contributed by atoms with Gasteiger partial charge in [0.05, 0.1) is 14.2 Å². The van der Waals surface area contributed by atoms with Crippen molar-refractivity contribution in [3.05, 3.63) is 65.7 Å². The number of hydroxylamine groups is 1. The number of likely N-dealkylation sites (tertiary alicyclic amines) is 1. The number of nitrogens with zero attached hydrogens (tertiary/aromatic N) is 1. The van der Waals surface area contributed by atoms with E-state index in [4.69, 9.17) is 9.47 Å². The van der Waals surface area contributed by atoms with Gasteiger partial charge in [-0.2, -0.15) is 5.48 Å². The molecule has 0 bridgehead atoms. The van der Waals surface area contributed by atoms with Crippen molar-refractivity contribution in [1.29, 1.82) is 0 Å². The van der Waals surface area contributed by atoms with Crippen LogP contribution in [-0.2, 0) is 11.3 Å². The van der Waals surface area contributed by atoms with Crippen molar-refractivity contribution in [3.63, 3.8) is 0 Å². The Morgan fingerprint density at radius 3 is 2.50 bits per heavy atom. The first-order valence-corrected chi connectivity index (χ1v) is 11.0. The molecule has 1 aliphatic rings. The summed E-state index contributed by atoms with van der Waals surface area (Å²) in [5, 5.41) is 12.4. The zero-order valence-corrected chi connectivity index (χ0v) is 18.8. The molecule has 7 heteroatoms. The molecular weight excluding hydrogens is 406 g/mol. The van der Waals surface area contributed by atoms with Crippen LogP contribution in [0.2, 0.25) is 0 Å². The number of nitrogens with one attached hydrogen (secondary N) is 2. The molecule has 32 heavy (non-hydrogen) atoms. The molecule has 0 aliphatic carbocycles. The number of carbonyl (C=O) groups excluding carboxylic acids is 1. The molecule has 1 saturated heterocycles. The molecule has 0 radical (unpaired) electrons. The van der Waals surface area contributed by atoms with E-state index < -0.39 is 6.17 Å². The Bertz CT molecular complexity index is 880. The van der Waals surface area contributed by atoms with Crippen molar-refractivity contribution < 1.29 is 19.5 Å². The van der Waals surface area contributed by atoms with Crippen LogP contribution in [0.4, 0.5) is 0 Å². The summed E-state index contributed by atoms with van der Waals surface area (Å²) in [6.45, 7) is 3.00. The largest absolute Gasteiger partial charge is 0.493 e. The van der Waals surface area contributed by atoms with Crippen LogP contribution >= 0.6 is 0 Å². The fraction of sp³-hybridized carbons (Fsp3) is 0.400. The molecule has 2 aromatic carbocycles. The maximum absolute atomic E-state index is 12.3. The lowest BCUT2D eigenvalue weighted by molar-refractivity contribution is -0.118. The van der Waals surface area contributed by atoms with Crippen molar-refractivity contribution in [2.45, 2.75) is 32.0 Å². The summed E-state index contributed by atoms with van der Waals surface area (Å²) >= 11 is 0. The van der Waals surface area contributed by atoms with E-state index in [0.717, 1.165) is 38.0 Å². The third-order valence-corrected chi connectivity index (χ3v) is 5.83. The Balaban J connectivity index is 1.45. The van der Waals surface area contributed by atoms with Gasteiger partial charge in [0, 0.05) is 12.6 Å². The fourth-order valence-electron chi connectivity index (χ4n) is 4.05. The summed E-state index contributed by atoms with van der Waals surface area (Å²) in [4.78, 5) is 14.8. The average Bonchev–Trinajstić information content (AvgIpc) is 2.84. The first-order chi connectivity index (χ1) is 15.6. The zero-order valence-electron chi connectivity index (χ0n) is 18.8. The van der Waals surface area contributed by atoms with Crippen molar-refractivity contribution in [3.8, 4) is 11.5 Å². The topological polar surface area (TPSA) is 83.1 Å². The van der Waals surface area contributed by atoms with Gasteiger partial charge in [-0.25, -0.2) is 0 Å². The molecule has 1 aliphatic heterocycles. The second-order valence-corrected chi connectivity index (χ2v) is 8.08. The van der Waals surface area contributed by atoms with Crippen molar-refractivity contribution in [1.82, 2.24) is 15.7 Å². The molecule has 0 spiro atoms. The van der Waals surface area contributed by atoms with E-state index in [1.165, 1.54) is 11.6 Å². The van der Waals surface area contributed by atoms with Crippen molar-refractivity contribution in [2.75, 3.05) is 27.3 Å². The van der Waals surface area contributed by atoms with Crippen molar-refractivity contribution in [2.24, 2.45) is 5.92 Å². The molecule has 3 rings (SSSR count). The van der Waals surface area contributed by atoms with Crippen LogP contribution in [0, 0.1) is 5.92 Å². The first kappa shape index (κ1) is 23.8. The molecule has 3 N–H and O–H groups in total. The van der Waals surface area contributed by atoms with Gasteiger partial charge in [-0.3, -0.25) is 9.69 Å². The van der Waals surface area contributed by atoms with Gasteiger partial charge in [-0.05, 0) is 67.6 Å². The Hall–Kier alpha value is -2.87. The van der Waals surface area contributed by atoms with Gasteiger partial charge in [0.2, 0.25) is 5.91 Å². The number of ether oxygens (including phenoxy) is 2. The second-order valence-electron chi connectivity index (χ2n) is 8.08. The maximum atomic E-state index is 12.3. The normalized spacial score (nSPS) is 16.1. The average molecular weight is 440 g/mol. The minimum atomic E-state index is -0.483. The monoisotopic (exact) mass is 439 g/mol. The Morgan fingerprint density at radius 2 is 1.84 bits per heavy atom. The predicted molar refractivity (Wildman–Crippen MR) is 124 cm³/mol. The highest BCUT2D eigenvalue weighted by atomic mass is 16.5. The van der Waals surface area contributed by atoms with Crippen LogP contribution in [0.25, 0.3) is 6.08 Å². The summed E-state index contributed by atoms with van der Waals surface area (Å²) in [6, 6.07) is 15.9. The molecule has 2 aromatic rings. The lowest BCUT2D eigenvalue weighted by atomic mass is 9.92. The van der Waals surface area contributed by atoms with Gasteiger partial charge >= 0.3 is 0 Å². The summed E-state index contributed by atoms with van der Waals surface area (Å²) in [6.07, 6.45) is 5.45. The van der Waals surface area contributed by atoms with Gasteiger partial charge in [-0.1, -0.05) is 36.4 Å². The molecule has 1 amide bonds. The lowest BCUT2D eigenvalue weighted by Gasteiger charge is -2.33. The van der Waals surface area contributed by atoms with Crippen LogP contribution in [0.5, 0.6) is 11.5 Å². The predicted octanol–water partition coefficient (Wildman–Crippen LogP) is 3.44. The first-order valence-electron chi connectivity index (χ1n) is 11.0. The molecule has 0 aromatic heterocycles. The van der Waals surface area contributed by atoms with Gasteiger partial charge in [0.1, 0.15) is 6.17 Å². The summed E-state index contributed by atoms with van der Waals surface area (Å²) in [5.74, 6) is 1.41. The number of carbonyl (C=O) groups is 1. The van der Waals surface area contributed by atoms with Crippen molar-refractivity contribution >= 4 is 12.0 Å². The Morgan fingerprint density at radius 1 is 1.12 bits per heavy atom. The van der Waals surface area contributed by atoms with E-state index in [2.05, 4.69) is 40.0 Å². The highest BCUT2D eigenvalue weighted by molar-refractivity contribution is 5.91. The van der Waals surface area contributed by atoms with Gasteiger partial charge < -0.3 is 20.0 Å². The zero-order chi connectivity index (χ0) is 22.8. The molecule has 1 unspecified atom stereocenters. The number of methoxy groups -OCH3 is 2. The van der Waals surface area contributed by atoms with E-state index >= 15 is 0 Å². The SMILES string of the molecule is COc1ccc(C=CC(=O)NC(CC2CCN(Cc3ccccc3)CC2)NO)cc1OC. The smallest absolute Gasteiger partial charge is 0.245 e. The highest BCUT2D eigenvalue weighted by Crippen LogP contribution is 2.28. The fourth-order valence-corrected chi connectivity index (χ4v) is 4.05. The number of hydrogen-bond donors (Lipinski definition) is 3. The lowest BCUT2D eigenvalue weighted by Crippen LogP contribution is -2.46. The molecule has 7 nitrogen and oxygen atoms in total. The number of hydrogen-bond acceptors (Lipinski definition) is 6. The van der Waals surface area contributed by atoms with Crippen LogP contribution in [0.15, 0.2) is 54.6 Å². The maximum Gasteiger partial charge on any atom is 0.245 e. The Kier molecular flexibility index (Phi) is 9.10. The van der Waals surface area contributed by atoms with Crippen LogP contribution in [-0.4, -0.2) is 49.5 Å². The van der Waals surface area contributed by atoms with Gasteiger partial charge in [0.15, 0.2) is 11.5 Å². The van der Waals surface area contributed by atoms with Crippen LogP contribution in [0.1, 0.15) is 30.4 Å². The number of benzene rings is 2. The second kappa shape index (κ2) is 12.2. The standard InChI is InChI=1S/C25H33N3O4/c1-31-22-10-8-19(16-23(22)32-2)9-11-25(29)26-24(27-30)17-20-12-14-28(15-13-20)18-21-6-4-3-5-7-21/h3-11,16,20,24,27,30H,12-15,17-18H2,1-2H3,(H,26,29). The van der Waals surface area contributed by atoms with E-state index in [9.17, 15) is 10.0 Å². The van der Waals surface area contributed by atoms with E-state index in [-0.39, 0.29) is 5.91 Å². The van der Waals surface area contributed by atoms with Gasteiger partial charge in [-0.15, -0.1) is 0 Å². The summed E-state index contributed by atoms with van der Waals surface area (Å²) < 4.78 is 10.5. The molecule has 172 valence electrons. The number of rotatable bonds is 10. The molecular formula is C25H33N3O4. The third-order valence-electron chi connectivity index (χ3n) is 5.83.